The number of hydrogen-bond donors (Lipinski definition) is 2. The molecule has 112 valence electrons. The molecule has 1 aromatic rings. The maximum Gasteiger partial charge on any atom is 0.310 e. The number of nitrogens with one attached hydrogen (secondary N) is 2. The minimum absolute atomic E-state index is 0.221. The molecular weight excluding hydrogens is 270 g/mol. The number of carbonyl (C=O) groups excluding carboxylic acids is 2. The number of H-pyrrole nitrogens is 1. The Balaban J connectivity index is 2.08. The van der Waals surface area contributed by atoms with Crippen molar-refractivity contribution in [2.75, 3.05) is 7.11 Å². The normalized spacial score (nSPS) is 21.9. The Morgan fingerprint density at radius 2 is 2.14 bits per heavy atom. The first kappa shape index (κ1) is 15.1. The number of carbonyl (C=O) groups is 2. The number of aromatic nitrogens is 1. The maximum atomic E-state index is 12.2. The van der Waals surface area contributed by atoms with E-state index in [1.807, 2.05) is 6.07 Å². The van der Waals surface area contributed by atoms with E-state index in [-0.39, 0.29) is 23.8 Å². The number of esters is 1. The highest BCUT2D eigenvalue weighted by Crippen LogP contribution is 2.25. The average molecular weight is 289 g/mol. The molecule has 1 aliphatic rings. The summed E-state index contributed by atoms with van der Waals surface area (Å²) in [6.07, 6.45) is 5.98. The maximum absolute atomic E-state index is 12.2. The van der Waals surface area contributed by atoms with Gasteiger partial charge in [-0.05, 0) is 18.9 Å². The van der Waals surface area contributed by atoms with Gasteiger partial charge in [0, 0.05) is 12.2 Å². The fraction of sp³-hybridized carbons (Fsp3) is 0.533. The van der Waals surface area contributed by atoms with Crippen molar-refractivity contribution in [1.29, 1.82) is 5.26 Å². The topological polar surface area (TPSA) is 95.0 Å². The van der Waals surface area contributed by atoms with Crippen molar-refractivity contribution in [2.45, 2.75) is 38.1 Å². The summed E-state index contributed by atoms with van der Waals surface area (Å²) in [5.41, 5.74) is 0.741. The van der Waals surface area contributed by atoms with E-state index in [2.05, 4.69) is 10.3 Å². The van der Waals surface area contributed by atoms with Gasteiger partial charge in [0.15, 0.2) is 0 Å². The second kappa shape index (κ2) is 6.93. The van der Waals surface area contributed by atoms with Gasteiger partial charge in [-0.1, -0.05) is 19.3 Å². The molecule has 1 aromatic heterocycles. The Morgan fingerprint density at radius 1 is 1.38 bits per heavy atom. The second-order valence-electron chi connectivity index (χ2n) is 5.26. The lowest BCUT2D eigenvalue weighted by Crippen LogP contribution is -2.43. The van der Waals surface area contributed by atoms with E-state index in [4.69, 9.17) is 10.00 Å². The van der Waals surface area contributed by atoms with E-state index >= 15 is 0 Å². The standard InChI is InChI=1S/C15H19N3O3/c1-21-15(20)11-5-3-2-4-6-12(11)18-14(19)13-7-10(8-16)9-17-13/h7,9,11-12,17H,2-6H2,1H3,(H,18,19)/t11-,12+/m1/s1. The SMILES string of the molecule is COC(=O)[C@@H]1CCCCC[C@@H]1NC(=O)c1cc(C#N)c[nH]1. The predicted molar refractivity (Wildman–Crippen MR) is 75.4 cm³/mol. The molecule has 0 unspecified atom stereocenters. The molecule has 1 saturated carbocycles. The van der Waals surface area contributed by atoms with Crippen LogP contribution in [0.5, 0.6) is 0 Å². The molecule has 1 heterocycles. The third kappa shape index (κ3) is 3.63. The van der Waals surface area contributed by atoms with Crippen LogP contribution in [0.4, 0.5) is 0 Å². The predicted octanol–water partition coefficient (Wildman–Crippen LogP) is 1.74. The van der Waals surface area contributed by atoms with Gasteiger partial charge in [-0.15, -0.1) is 0 Å². The number of rotatable bonds is 3. The zero-order chi connectivity index (χ0) is 15.2. The fourth-order valence-corrected chi connectivity index (χ4v) is 2.75. The Bertz CT molecular complexity index is 559. The molecule has 0 saturated heterocycles. The zero-order valence-electron chi connectivity index (χ0n) is 12.0. The first-order valence-corrected chi connectivity index (χ1v) is 7.13. The number of hydrogen-bond acceptors (Lipinski definition) is 4. The highest BCUT2D eigenvalue weighted by atomic mass is 16.5. The summed E-state index contributed by atoms with van der Waals surface area (Å²) in [5, 5.41) is 11.7. The Kier molecular flexibility index (Phi) is 4.99. The van der Waals surface area contributed by atoms with E-state index in [9.17, 15) is 9.59 Å². The first-order chi connectivity index (χ1) is 10.2. The van der Waals surface area contributed by atoms with Gasteiger partial charge in [-0.25, -0.2) is 0 Å². The Hall–Kier alpha value is -2.29. The minimum Gasteiger partial charge on any atom is -0.469 e. The van der Waals surface area contributed by atoms with Crippen molar-refractivity contribution in [3.05, 3.63) is 23.5 Å². The van der Waals surface area contributed by atoms with E-state index in [1.165, 1.54) is 19.4 Å². The summed E-state index contributed by atoms with van der Waals surface area (Å²) < 4.78 is 4.84. The largest absolute Gasteiger partial charge is 0.469 e. The van der Waals surface area contributed by atoms with E-state index < -0.39 is 0 Å². The summed E-state index contributed by atoms with van der Waals surface area (Å²) in [4.78, 5) is 26.9. The molecule has 2 atom stereocenters. The molecule has 1 amide bonds. The van der Waals surface area contributed by atoms with Crippen LogP contribution in [0.2, 0.25) is 0 Å². The van der Waals surface area contributed by atoms with Crippen LogP contribution in [0.15, 0.2) is 12.3 Å². The summed E-state index contributed by atoms with van der Waals surface area (Å²) in [6, 6.07) is 3.24. The highest BCUT2D eigenvalue weighted by molar-refractivity contribution is 5.93. The van der Waals surface area contributed by atoms with Crippen LogP contribution < -0.4 is 5.32 Å². The van der Waals surface area contributed by atoms with Crippen LogP contribution in [0, 0.1) is 17.2 Å². The molecule has 2 rings (SSSR count). The quantitative estimate of drug-likeness (QED) is 0.654. The Morgan fingerprint density at radius 3 is 2.81 bits per heavy atom. The molecule has 0 bridgehead atoms. The van der Waals surface area contributed by atoms with Crippen molar-refractivity contribution < 1.29 is 14.3 Å². The molecule has 1 aliphatic carbocycles. The van der Waals surface area contributed by atoms with Gasteiger partial charge < -0.3 is 15.0 Å². The summed E-state index contributed by atoms with van der Waals surface area (Å²) in [7, 11) is 1.37. The van der Waals surface area contributed by atoms with Gasteiger partial charge in [0.2, 0.25) is 0 Å². The van der Waals surface area contributed by atoms with Gasteiger partial charge in [0.1, 0.15) is 11.8 Å². The lowest BCUT2D eigenvalue weighted by molar-refractivity contribution is -0.146. The molecule has 0 aliphatic heterocycles. The van der Waals surface area contributed by atoms with Crippen LogP contribution in [0.1, 0.15) is 48.2 Å². The van der Waals surface area contributed by atoms with Crippen LogP contribution in [-0.4, -0.2) is 30.0 Å². The molecule has 0 spiro atoms. The number of ether oxygens (including phenoxy) is 1. The number of amides is 1. The second-order valence-corrected chi connectivity index (χ2v) is 5.26. The highest BCUT2D eigenvalue weighted by Gasteiger charge is 2.31. The number of methoxy groups -OCH3 is 1. The van der Waals surface area contributed by atoms with Gasteiger partial charge in [-0.2, -0.15) is 5.26 Å². The van der Waals surface area contributed by atoms with Crippen molar-refractivity contribution in [2.24, 2.45) is 5.92 Å². The van der Waals surface area contributed by atoms with Crippen molar-refractivity contribution in [1.82, 2.24) is 10.3 Å². The van der Waals surface area contributed by atoms with E-state index in [0.717, 1.165) is 32.1 Å². The van der Waals surface area contributed by atoms with Crippen LogP contribution in [-0.2, 0) is 9.53 Å². The van der Waals surface area contributed by atoms with Crippen molar-refractivity contribution in [3.8, 4) is 6.07 Å². The summed E-state index contributed by atoms with van der Waals surface area (Å²) in [6.45, 7) is 0. The third-order valence-corrected chi connectivity index (χ3v) is 3.89. The van der Waals surface area contributed by atoms with Crippen LogP contribution in [0.25, 0.3) is 0 Å². The van der Waals surface area contributed by atoms with E-state index in [1.54, 1.807) is 0 Å². The lowest BCUT2D eigenvalue weighted by Gasteiger charge is -2.23. The molecule has 2 N–H and O–H groups in total. The van der Waals surface area contributed by atoms with Crippen LogP contribution >= 0.6 is 0 Å². The molecule has 6 heteroatoms. The lowest BCUT2D eigenvalue weighted by atomic mass is 9.94. The van der Waals surface area contributed by atoms with Gasteiger partial charge in [0.05, 0.1) is 18.6 Å². The van der Waals surface area contributed by atoms with Crippen molar-refractivity contribution in [3.63, 3.8) is 0 Å². The number of nitriles is 1. The van der Waals surface area contributed by atoms with Gasteiger partial charge in [0.25, 0.3) is 5.91 Å². The van der Waals surface area contributed by atoms with Crippen LogP contribution in [0.3, 0.4) is 0 Å². The zero-order valence-corrected chi connectivity index (χ0v) is 12.0. The molecule has 1 fully saturated rings. The fourth-order valence-electron chi connectivity index (χ4n) is 2.75. The van der Waals surface area contributed by atoms with Gasteiger partial charge in [-0.3, -0.25) is 9.59 Å². The average Bonchev–Trinajstić information content (AvgIpc) is 2.87. The van der Waals surface area contributed by atoms with Gasteiger partial charge >= 0.3 is 5.97 Å². The summed E-state index contributed by atoms with van der Waals surface area (Å²) >= 11 is 0. The van der Waals surface area contributed by atoms with E-state index in [0.29, 0.717) is 11.3 Å². The number of nitrogens with zero attached hydrogens (tertiary/aromatic N) is 1. The number of aromatic amines is 1. The van der Waals surface area contributed by atoms with Crippen molar-refractivity contribution >= 4 is 11.9 Å². The molecular formula is C15H19N3O3. The first-order valence-electron chi connectivity index (χ1n) is 7.13. The summed E-state index contributed by atoms with van der Waals surface area (Å²) in [5.74, 6) is -0.865. The third-order valence-electron chi connectivity index (χ3n) is 3.89. The molecule has 6 nitrogen and oxygen atoms in total. The monoisotopic (exact) mass is 289 g/mol. The molecule has 0 radical (unpaired) electrons. The minimum atomic E-state index is -0.299. The molecule has 0 aromatic carbocycles. The molecule has 21 heavy (non-hydrogen) atoms. The smallest absolute Gasteiger partial charge is 0.310 e. The Labute approximate surface area is 123 Å².